The lowest BCUT2D eigenvalue weighted by molar-refractivity contribution is 0.265. The Labute approximate surface area is 240 Å². The van der Waals surface area contributed by atoms with Gasteiger partial charge in [-0.05, 0) is 37.3 Å². The molecule has 0 saturated carbocycles. The zero-order chi connectivity index (χ0) is 29.6. The molecule has 4 N–H and O–H groups in total. The van der Waals surface area contributed by atoms with Gasteiger partial charge in [0.25, 0.3) is 0 Å². The third-order valence-corrected chi connectivity index (χ3v) is 6.67. The van der Waals surface area contributed by atoms with Gasteiger partial charge >= 0.3 is 0 Å². The number of ether oxygens (including phenoxy) is 1. The monoisotopic (exact) mass is 557 g/mol. The first kappa shape index (κ1) is 29.4. The van der Waals surface area contributed by atoms with E-state index in [4.69, 9.17) is 10.00 Å². The Balaban J connectivity index is 1.76. The maximum atomic E-state index is 14.0. The summed E-state index contributed by atoms with van der Waals surface area (Å²) < 4.78 is 19.7. The predicted octanol–water partition coefficient (Wildman–Crippen LogP) is 5.43. The highest BCUT2D eigenvalue weighted by atomic mass is 19.1. The van der Waals surface area contributed by atoms with E-state index in [9.17, 15) is 9.65 Å². The Morgan fingerprint density at radius 3 is 2.68 bits per heavy atom. The highest BCUT2D eigenvalue weighted by Crippen LogP contribution is 2.37. The number of rotatable bonds is 11. The van der Waals surface area contributed by atoms with Gasteiger partial charge in [0, 0.05) is 60.3 Å². The van der Waals surface area contributed by atoms with Crippen molar-refractivity contribution in [2.45, 2.75) is 53.0 Å². The van der Waals surface area contributed by atoms with E-state index in [2.05, 4.69) is 64.5 Å². The fourth-order valence-electron chi connectivity index (χ4n) is 4.60. The van der Waals surface area contributed by atoms with E-state index < -0.39 is 12.0 Å². The van der Waals surface area contributed by atoms with Crippen LogP contribution in [0.25, 0.3) is 10.9 Å². The zero-order valence-electron chi connectivity index (χ0n) is 24.1. The van der Waals surface area contributed by atoms with Crippen LogP contribution in [0.1, 0.15) is 62.9 Å². The lowest BCUT2D eigenvalue weighted by Gasteiger charge is -2.24. The number of anilines is 2. The van der Waals surface area contributed by atoms with Crippen LogP contribution in [0.4, 0.5) is 15.8 Å². The van der Waals surface area contributed by atoms with Crippen LogP contribution in [0, 0.1) is 40.9 Å². The van der Waals surface area contributed by atoms with Crippen LogP contribution in [0.15, 0.2) is 42.4 Å². The van der Waals surface area contributed by atoms with Crippen LogP contribution >= 0.6 is 0 Å². The first-order chi connectivity index (χ1) is 19.6. The molecule has 0 unspecified atom stereocenters. The molecule has 0 saturated heterocycles. The van der Waals surface area contributed by atoms with Crippen molar-refractivity contribution in [1.29, 1.82) is 10.5 Å². The fraction of sp³-hybridized carbons (Fsp3) is 0.400. The highest BCUT2D eigenvalue weighted by Gasteiger charge is 2.25. The van der Waals surface area contributed by atoms with Gasteiger partial charge in [-0.2, -0.15) is 14.9 Å². The quantitative estimate of drug-likeness (QED) is 0.179. The van der Waals surface area contributed by atoms with E-state index in [0.29, 0.717) is 53.4 Å². The summed E-state index contributed by atoms with van der Waals surface area (Å²) >= 11 is 0. The fourth-order valence-corrected chi connectivity index (χ4v) is 4.60. The number of nitrogens with zero attached hydrogens (tertiary/aromatic N) is 5. The standard InChI is InChI=1S/C30H36FN9O/c1-19-22(9-10-26(31)36-19)28(24-17-40(39-38-24)12-8-6-7-11-32)37-21-13-23-27(35-18-30(2,3)4)20(15-33)16-34-29(23)25(14-21)41-5/h9-10,13-14,16-17,28,37-39H,6-8,12,18H2,1-5H3,(H,34,35)/t28-/m0/s1. The van der Waals surface area contributed by atoms with Gasteiger partial charge in [-0.25, -0.2) is 4.98 Å². The molecule has 3 aromatic rings. The number of unbranched alkanes of at least 4 members (excludes halogenated alkanes) is 2. The molecular formula is C30H36FN9O. The van der Waals surface area contributed by atoms with Gasteiger partial charge in [-0.15, -0.1) is 5.53 Å². The molecule has 10 nitrogen and oxygen atoms in total. The molecule has 11 heteroatoms. The van der Waals surface area contributed by atoms with Gasteiger partial charge < -0.3 is 20.8 Å². The number of hydrazine groups is 2. The van der Waals surface area contributed by atoms with Gasteiger partial charge in [-0.3, -0.25) is 9.99 Å². The minimum absolute atomic E-state index is 0.0193. The van der Waals surface area contributed by atoms with Crippen LogP contribution < -0.4 is 26.3 Å². The summed E-state index contributed by atoms with van der Waals surface area (Å²) in [5.74, 6) is -0.000687. The molecule has 0 fully saturated rings. The molecule has 4 rings (SSSR count). The number of aryl methyl sites for hydroxylation is 1. The number of methoxy groups -OCH3 is 1. The maximum absolute atomic E-state index is 14.0. The number of pyridine rings is 2. The second-order valence-corrected chi connectivity index (χ2v) is 11.2. The molecule has 41 heavy (non-hydrogen) atoms. The van der Waals surface area contributed by atoms with Crippen molar-refractivity contribution in [2.75, 3.05) is 30.8 Å². The van der Waals surface area contributed by atoms with Gasteiger partial charge in [0.15, 0.2) is 0 Å². The summed E-state index contributed by atoms with van der Waals surface area (Å²) in [5, 5.41) is 28.4. The van der Waals surface area contributed by atoms with Gasteiger partial charge in [-0.1, -0.05) is 26.8 Å². The summed E-state index contributed by atoms with van der Waals surface area (Å²) in [6, 6.07) is 10.9. The minimum atomic E-state index is -0.548. The number of hydrogen-bond donors (Lipinski definition) is 4. The molecule has 0 spiro atoms. The number of nitrogens with one attached hydrogen (secondary N) is 4. The SMILES string of the molecule is COc1cc(N[C@H](C2=CN(CCCCC#N)NN2)c2ccc(F)nc2C)cc2c(NCC(C)(C)C)c(C#N)cnc12. The summed E-state index contributed by atoms with van der Waals surface area (Å²) in [4.78, 5) is 8.59. The number of benzene rings is 1. The smallest absolute Gasteiger partial charge is 0.213 e. The molecule has 1 aliphatic rings. The van der Waals surface area contributed by atoms with Crippen molar-refractivity contribution in [1.82, 2.24) is 25.9 Å². The molecule has 0 aliphatic carbocycles. The number of fused-ring (bicyclic) bond motifs is 1. The lowest BCUT2D eigenvalue weighted by atomic mass is 9.96. The van der Waals surface area contributed by atoms with Crippen molar-refractivity contribution < 1.29 is 9.13 Å². The van der Waals surface area contributed by atoms with Crippen molar-refractivity contribution in [3.63, 3.8) is 0 Å². The third-order valence-electron chi connectivity index (χ3n) is 6.67. The Hall–Kier alpha value is -4.61. The molecule has 3 heterocycles. The van der Waals surface area contributed by atoms with Crippen LogP contribution in [0.2, 0.25) is 0 Å². The first-order valence-electron chi connectivity index (χ1n) is 13.5. The third kappa shape index (κ3) is 7.13. The van der Waals surface area contributed by atoms with Crippen LogP contribution in [-0.2, 0) is 0 Å². The molecule has 0 bridgehead atoms. The second-order valence-electron chi connectivity index (χ2n) is 11.2. The molecule has 2 aromatic heterocycles. The van der Waals surface area contributed by atoms with Crippen molar-refractivity contribution in [3.8, 4) is 17.9 Å². The number of halogens is 1. The zero-order valence-corrected chi connectivity index (χ0v) is 24.1. The van der Waals surface area contributed by atoms with Crippen molar-refractivity contribution in [2.24, 2.45) is 5.41 Å². The first-order valence-corrected chi connectivity index (χ1v) is 13.5. The van der Waals surface area contributed by atoms with E-state index in [1.54, 1.807) is 26.3 Å². The average Bonchev–Trinajstić information content (AvgIpc) is 3.40. The predicted molar refractivity (Wildman–Crippen MR) is 157 cm³/mol. The summed E-state index contributed by atoms with van der Waals surface area (Å²) in [6.07, 6.45) is 5.69. The van der Waals surface area contributed by atoms with E-state index >= 15 is 0 Å². The van der Waals surface area contributed by atoms with Crippen LogP contribution in [-0.4, -0.2) is 35.2 Å². The van der Waals surface area contributed by atoms with Gasteiger partial charge in [0.1, 0.15) is 17.3 Å². The van der Waals surface area contributed by atoms with Gasteiger partial charge in [0.05, 0.1) is 36.2 Å². The minimum Gasteiger partial charge on any atom is -0.494 e. The summed E-state index contributed by atoms with van der Waals surface area (Å²) in [6.45, 7) is 9.49. The van der Waals surface area contributed by atoms with E-state index in [1.807, 2.05) is 23.3 Å². The maximum Gasteiger partial charge on any atom is 0.213 e. The number of aromatic nitrogens is 2. The Kier molecular flexibility index (Phi) is 9.10. The van der Waals surface area contributed by atoms with Crippen LogP contribution in [0.5, 0.6) is 5.75 Å². The average molecular weight is 558 g/mol. The van der Waals surface area contributed by atoms with Crippen LogP contribution in [0.3, 0.4) is 0 Å². The highest BCUT2D eigenvalue weighted by molar-refractivity contribution is 5.99. The normalized spacial score (nSPS) is 13.7. The molecule has 1 atom stereocenters. The summed E-state index contributed by atoms with van der Waals surface area (Å²) in [5.41, 5.74) is 11.0. The van der Waals surface area contributed by atoms with E-state index in [1.165, 1.54) is 6.07 Å². The summed E-state index contributed by atoms with van der Waals surface area (Å²) in [7, 11) is 1.58. The molecule has 0 amide bonds. The Morgan fingerprint density at radius 1 is 1.20 bits per heavy atom. The lowest BCUT2D eigenvalue weighted by Crippen LogP contribution is -2.38. The molecule has 0 radical (unpaired) electrons. The topological polar surface area (TPSA) is 134 Å². The molecular weight excluding hydrogens is 521 g/mol. The van der Waals surface area contributed by atoms with E-state index in [-0.39, 0.29) is 5.41 Å². The van der Waals surface area contributed by atoms with Crippen molar-refractivity contribution >= 4 is 22.3 Å². The number of nitriles is 2. The van der Waals surface area contributed by atoms with E-state index in [0.717, 1.165) is 29.5 Å². The Bertz CT molecular complexity index is 1520. The van der Waals surface area contributed by atoms with Crippen molar-refractivity contribution in [3.05, 3.63) is 65.1 Å². The number of hydrogen-bond acceptors (Lipinski definition) is 10. The largest absolute Gasteiger partial charge is 0.494 e. The van der Waals surface area contributed by atoms with Gasteiger partial charge in [0.2, 0.25) is 5.95 Å². The second kappa shape index (κ2) is 12.7. The molecule has 1 aliphatic heterocycles. The molecule has 214 valence electrons. The Morgan fingerprint density at radius 2 is 2.00 bits per heavy atom. The molecule has 1 aromatic carbocycles.